The van der Waals surface area contributed by atoms with E-state index >= 15 is 0 Å². The molecule has 1 atom stereocenters. The van der Waals surface area contributed by atoms with E-state index in [1.807, 2.05) is 6.07 Å². The summed E-state index contributed by atoms with van der Waals surface area (Å²) in [5.41, 5.74) is 3.89. The number of hydrogen-bond acceptors (Lipinski definition) is 4. The van der Waals surface area contributed by atoms with E-state index in [0.717, 1.165) is 19.7 Å². The fourth-order valence-corrected chi connectivity index (χ4v) is 2.77. The predicted molar refractivity (Wildman–Crippen MR) is 101 cm³/mol. The molecule has 0 saturated carbocycles. The zero-order valence-corrected chi connectivity index (χ0v) is 15.1. The normalized spacial score (nSPS) is 17.1. The van der Waals surface area contributed by atoms with E-state index in [-0.39, 0.29) is 6.10 Å². The second kappa shape index (κ2) is 10.3. The third-order valence-corrected chi connectivity index (χ3v) is 4.01. The molecule has 27 heavy (non-hydrogen) atoms. The minimum absolute atomic E-state index is 0.0612. The van der Waals surface area contributed by atoms with Gasteiger partial charge in [0, 0.05) is 25.2 Å². The molecule has 0 aliphatic carbocycles. The summed E-state index contributed by atoms with van der Waals surface area (Å²) in [6.07, 6.45) is 1.18. The number of fused-ring (bicyclic) bond motifs is 1. The van der Waals surface area contributed by atoms with Crippen LogP contribution in [0.3, 0.4) is 0 Å². The highest BCUT2D eigenvalue weighted by Crippen LogP contribution is 2.30. The maximum atomic E-state index is 9.55. The summed E-state index contributed by atoms with van der Waals surface area (Å²) in [4.78, 5) is 21.4. The van der Waals surface area contributed by atoms with Crippen molar-refractivity contribution in [2.24, 2.45) is 0 Å². The van der Waals surface area contributed by atoms with E-state index in [0.29, 0.717) is 12.2 Å². The Hall–Kier alpha value is -2.96. The van der Waals surface area contributed by atoms with Crippen LogP contribution in [-0.4, -0.2) is 47.3 Å². The number of aliphatic carboxylic acids is 2. The average molecular weight is 369 g/mol. The lowest BCUT2D eigenvalue weighted by atomic mass is 9.96. The summed E-state index contributed by atoms with van der Waals surface area (Å²) in [5.74, 6) is -2.51. The molecule has 1 unspecified atom stereocenters. The third kappa shape index (κ3) is 6.69. The van der Waals surface area contributed by atoms with Gasteiger partial charge >= 0.3 is 11.9 Å². The number of rotatable bonds is 3. The van der Waals surface area contributed by atoms with Crippen LogP contribution < -0.4 is 0 Å². The Bertz CT molecular complexity index is 772. The van der Waals surface area contributed by atoms with Gasteiger partial charge in [-0.15, -0.1) is 0 Å². The number of carboxylic acids is 2. The van der Waals surface area contributed by atoms with Gasteiger partial charge in [-0.3, -0.25) is 4.90 Å². The van der Waals surface area contributed by atoms with Crippen LogP contribution in [0.1, 0.15) is 22.8 Å². The van der Waals surface area contributed by atoms with Gasteiger partial charge in [0.25, 0.3) is 0 Å². The van der Waals surface area contributed by atoms with Crippen molar-refractivity contribution in [1.82, 2.24) is 4.90 Å². The second-order valence-corrected chi connectivity index (χ2v) is 6.11. The van der Waals surface area contributed by atoms with Gasteiger partial charge in [0.05, 0.1) is 6.61 Å². The molecule has 1 aliphatic rings. The van der Waals surface area contributed by atoms with Crippen molar-refractivity contribution < 1.29 is 24.5 Å². The largest absolute Gasteiger partial charge is 0.478 e. The van der Waals surface area contributed by atoms with E-state index in [9.17, 15) is 9.59 Å². The van der Waals surface area contributed by atoms with Gasteiger partial charge in [0.15, 0.2) is 0 Å². The van der Waals surface area contributed by atoms with Crippen molar-refractivity contribution in [1.29, 1.82) is 0 Å². The zero-order valence-electron chi connectivity index (χ0n) is 15.1. The van der Waals surface area contributed by atoms with Crippen molar-refractivity contribution >= 4 is 11.9 Å². The summed E-state index contributed by atoms with van der Waals surface area (Å²) >= 11 is 0. The monoisotopic (exact) mass is 369 g/mol. The Morgan fingerprint density at radius 3 is 2.22 bits per heavy atom. The quantitative estimate of drug-likeness (QED) is 0.809. The van der Waals surface area contributed by atoms with Gasteiger partial charge < -0.3 is 14.9 Å². The molecule has 0 aromatic heterocycles. The highest BCUT2D eigenvalue weighted by atomic mass is 16.5. The van der Waals surface area contributed by atoms with Crippen molar-refractivity contribution in [2.75, 3.05) is 20.2 Å². The maximum Gasteiger partial charge on any atom is 0.328 e. The molecule has 2 aromatic carbocycles. The number of carboxylic acid groups (broad SMARTS) is 2. The number of carbonyl (C=O) groups is 2. The first-order chi connectivity index (χ1) is 13.0. The molecule has 2 N–H and O–H groups in total. The van der Waals surface area contributed by atoms with Crippen LogP contribution in [0.25, 0.3) is 0 Å². The van der Waals surface area contributed by atoms with Crippen molar-refractivity contribution in [3.05, 3.63) is 83.4 Å². The van der Waals surface area contributed by atoms with Gasteiger partial charge in [-0.2, -0.15) is 0 Å². The fourth-order valence-electron chi connectivity index (χ4n) is 2.77. The van der Waals surface area contributed by atoms with Crippen LogP contribution in [-0.2, 0) is 20.9 Å². The molecule has 6 heteroatoms. The fraction of sp³-hybridized carbons (Fsp3) is 0.238. The molecule has 1 aliphatic heterocycles. The van der Waals surface area contributed by atoms with Crippen LogP contribution in [0.5, 0.6) is 0 Å². The lowest BCUT2D eigenvalue weighted by Crippen LogP contribution is -2.27. The Morgan fingerprint density at radius 1 is 1.00 bits per heavy atom. The van der Waals surface area contributed by atoms with Crippen LogP contribution in [0, 0.1) is 0 Å². The van der Waals surface area contributed by atoms with Crippen LogP contribution >= 0.6 is 0 Å². The first-order valence-corrected chi connectivity index (χ1v) is 8.54. The number of benzene rings is 2. The van der Waals surface area contributed by atoms with Gasteiger partial charge in [0.1, 0.15) is 6.10 Å². The molecule has 0 radical (unpaired) electrons. The summed E-state index contributed by atoms with van der Waals surface area (Å²) in [7, 11) is 2.14. The summed E-state index contributed by atoms with van der Waals surface area (Å²) in [5, 5.41) is 15.6. The number of hydrogen-bond donors (Lipinski definition) is 2. The molecular weight excluding hydrogens is 346 g/mol. The molecule has 3 rings (SSSR count). The lowest BCUT2D eigenvalue weighted by molar-refractivity contribution is -0.134. The zero-order chi connectivity index (χ0) is 19.6. The highest BCUT2D eigenvalue weighted by molar-refractivity contribution is 5.89. The summed E-state index contributed by atoms with van der Waals surface area (Å²) in [6, 6.07) is 19.1. The van der Waals surface area contributed by atoms with Crippen LogP contribution in [0.2, 0.25) is 0 Å². The van der Waals surface area contributed by atoms with E-state index in [1.165, 1.54) is 16.7 Å². The van der Waals surface area contributed by atoms with E-state index < -0.39 is 11.9 Å². The molecule has 0 spiro atoms. The van der Waals surface area contributed by atoms with Gasteiger partial charge in [-0.05, 0) is 23.7 Å². The molecule has 2 aromatic rings. The minimum atomic E-state index is -1.26. The second-order valence-electron chi connectivity index (χ2n) is 6.11. The van der Waals surface area contributed by atoms with Crippen LogP contribution in [0.4, 0.5) is 0 Å². The minimum Gasteiger partial charge on any atom is -0.478 e. The molecule has 0 amide bonds. The highest BCUT2D eigenvalue weighted by Gasteiger charge is 2.20. The Morgan fingerprint density at radius 2 is 1.59 bits per heavy atom. The number of likely N-dealkylation sites (N-methyl/N-ethyl adjacent to an activating group) is 1. The smallest absolute Gasteiger partial charge is 0.328 e. The SMILES string of the molecule is CN1CCOC(c2ccccc2)c2ccccc2C1.O=C(O)/C=C\C(=O)O. The van der Waals surface area contributed by atoms with Crippen LogP contribution in [0.15, 0.2) is 66.7 Å². The topological polar surface area (TPSA) is 87.1 Å². The van der Waals surface area contributed by atoms with Crippen molar-refractivity contribution in [2.45, 2.75) is 12.6 Å². The number of nitrogens with zero attached hydrogens (tertiary/aromatic N) is 1. The van der Waals surface area contributed by atoms with E-state index in [1.54, 1.807) is 0 Å². The molecule has 1 heterocycles. The Kier molecular flexibility index (Phi) is 7.73. The average Bonchev–Trinajstić information content (AvgIpc) is 2.64. The molecule has 6 nitrogen and oxygen atoms in total. The third-order valence-electron chi connectivity index (χ3n) is 4.01. The molecular formula is C21H23NO5. The Labute approximate surface area is 158 Å². The first kappa shape index (κ1) is 20.4. The van der Waals surface area contributed by atoms with Gasteiger partial charge in [-0.1, -0.05) is 54.6 Å². The lowest BCUT2D eigenvalue weighted by Gasteiger charge is -2.28. The van der Waals surface area contributed by atoms with E-state index in [4.69, 9.17) is 14.9 Å². The van der Waals surface area contributed by atoms with Gasteiger partial charge in [0.2, 0.25) is 0 Å². The maximum absolute atomic E-state index is 9.55. The number of ether oxygens (including phenoxy) is 1. The standard InChI is InChI=1S/C17H19NO.C4H4O4/c1-18-11-12-19-17(14-7-3-2-4-8-14)16-10-6-5-9-15(16)13-18;5-3(6)1-2-4(7)8/h2-10,17H,11-13H2,1H3;1-2H,(H,5,6)(H,7,8)/b;2-1-. The molecule has 0 fully saturated rings. The van der Waals surface area contributed by atoms with Crippen molar-refractivity contribution in [3.8, 4) is 0 Å². The molecule has 0 saturated heterocycles. The van der Waals surface area contributed by atoms with Crippen molar-refractivity contribution in [3.63, 3.8) is 0 Å². The van der Waals surface area contributed by atoms with E-state index in [2.05, 4.69) is 60.5 Å². The molecule has 142 valence electrons. The van der Waals surface area contributed by atoms with Gasteiger partial charge in [-0.25, -0.2) is 9.59 Å². The summed E-state index contributed by atoms with van der Waals surface area (Å²) in [6.45, 7) is 2.73. The summed E-state index contributed by atoms with van der Waals surface area (Å²) < 4.78 is 6.12. The first-order valence-electron chi connectivity index (χ1n) is 8.54. The Balaban J connectivity index is 0.000000279. The predicted octanol–water partition coefficient (Wildman–Crippen LogP) is 2.95. The molecule has 0 bridgehead atoms.